The van der Waals surface area contributed by atoms with Crippen LogP contribution in [0.1, 0.15) is 32.6 Å². The van der Waals surface area contributed by atoms with Gasteiger partial charge in [0.2, 0.25) is 0 Å². The molecule has 2 heterocycles. The summed E-state index contributed by atoms with van der Waals surface area (Å²) in [4.78, 5) is 10.5. The Hall–Kier alpha value is 0.330. The van der Waals surface area contributed by atoms with Crippen LogP contribution in [0, 0.1) is 5.92 Å². The molecule has 2 fully saturated rings. The van der Waals surface area contributed by atoms with E-state index in [1.54, 1.807) is 0 Å². The van der Waals surface area contributed by atoms with Gasteiger partial charge in [0.1, 0.15) is 6.29 Å². The van der Waals surface area contributed by atoms with Gasteiger partial charge in [0.15, 0.2) is 4.27 Å². The summed E-state index contributed by atoms with van der Waals surface area (Å²) in [5.74, 6) is 3.01. The van der Waals surface area contributed by atoms with Crippen LogP contribution in [-0.4, -0.2) is 28.2 Å². The number of ether oxygens (including phenoxy) is 1. The predicted octanol–water partition coefficient (Wildman–Crippen LogP) is 2.91. The summed E-state index contributed by atoms with van der Waals surface area (Å²) in [6.07, 6.45) is 5.24. The van der Waals surface area contributed by atoms with E-state index in [1.807, 2.05) is 23.5 Å². The van der Waals surface area contributed by atoms with Gasteiger partial charge in [0.05, 0.1) is 6.10 Å². The first-order chi connectivity index (χ1) is 7.27. The lowest BCUT2D eigenvalue weighted by Gasteiger charge is -2.46. The quantitative estimate of drug-likeness (QED) is 0.700. The first-order valence-electron chi connectivity index (χ1n) is 5.66. The highest BCUT2D eigenvalue weighted by molar-refractivity contribution is 8.18. The molecule has 86 valence electrons. The van der Waals surface area contributed by atoms with Gasteiger partial charge < -0.3 is 9.53 Å². The maximum atomic E-state index is 10.5. The number of hydrogen-bond acceptors (Lipinski definition) is 4. The smallest absolute Gasteiger partial charge is 0.163 e. The van der Waals surface area contributed by atoms with Crippen LogP contribution in [0.4, 0.5) is 0 Å². The molecule has 1 spiro atoms. The lowest BCUT2D eigenvalue weighted by atomic mass is 9.98. The Bertz CT molecular complexity index is 227. The van der Waals surface area contributed by atoms with Crippen molar-refractivity contribution in [3.63, 3.8) is 0 Å². The van der Waals surface area contributed by atoms with Crippen LogP contribution in [0.5, 0.6) is 0 Å². The highest BCUT2D eigenvalue weighted by Crippen LogP contribution is 2.53. The molecule has 15 heavy (non-hydrogen) atoms. The molecule has 2 aliphatic heterocycles. The number of thioether (sulfide) groups is 2. The minimum Gasteiger partial charge on any atom is -0.351 e. The molecule has 0 aromatic heterocycles. The van der Waals surface area contributed by atoms with E-state index < -0.39 is 0 Å². The highest BCUT2D eigenvalue weighted by Gasteiger charge is 2.44. The van der Waals surface area contributed by atoms with Crippen molar-refractivity contribution in [2.24, 2.45) is 5.92 Å². The third-order valence-electron chi connectivity index (χ3n) is 3.11. The van der Waals surface area contributed by atoms with E-state index in [-0.39, 0.29) is 10.4 Å². The minimum atomic E-state index is -0.0375. The SMILES string of the molecule is C[C@@H]1CC[C@@H](CC=O)OC12SCCCS2. The van der Waals surface area contributed by atoms with Crippen LogP contribution in [-0.2, 0) is 9.53 Å². The summed E-state index contributed by atoms with van der Waals surface area (Å²) in [5.41, 5.74) is 0. The lowest BCUT2D eigenvalue weighted by molar-refractivity contribution is -0.114. The van der Waals surface area contributed by atoms with Crippen molar-refractivity contribution in [3.05, 3.63) is 0 Å². The molecular weight excluding hydrogens is 228 g/mol. The largest absolute Gasteiger partial charge is 0.351 e. The Labute approximate surface area is 99.9 Å². The zero-order valence-corrected chi connectivity index (χ0v) is 10.7. The van der Waals surface area contributed by atoms with Gasteiger partial charge in [-0.25, -0.2) is 0 Å². The second kappa shape index (κ2) is 5.11. The molecule has 0 aromatic carbocycles. The first kappa shape index (κ1) is 11.8. The van der Waals surface area contributed by atoms with Crippen molar-refractivity contribution < 1.29 is 9.53 Å². The van der Waals surface area contributed by atoms with Gasteiger partial charge in [-0.3, -0.25) is 0 Å². The number of rotatable bonds is 2. The molecule has 0 N–H and O–H groups in total. The van der Waals surface area contributed by atoms with E-state index in [4.69, 9.17) is 4.74 Å². The summed E-state index contributed by atoms with van der Waals surface area (Å²) in [6, 6.07) is 0. The van der Waals surface area contributed by atoms with E-state index in [0.717, 1.165) is 12.7 Å². The van der Waals surface area contributed by atoms with Gasteiger partial charge in [-0.15, -0.1) is 23.5 Å². The maximum Gasteiger partial charge on any atom is 0.163 e. The fourth-order valence-corrected chi connectivity index (χ4v) is 5.55. The third kappa shape index (κ3) is 2.53. The Morgan fingerprint density at radius 3 is 2.80 bits per heavy atom. The molecule has 0 aromatic rings. The molecule has 2 saturated heterocycles. The third-order valence-corrected chi connectivity index (χ3v) is 6.61. The van der Waals surface area contributed by atoms with Crippen molar-refractivity contribution >= 4 is 29.8 Å². The van der Waals surface area contributed by atoms with E-state index in [2.05, 4.69) is 6.92 Å². The summed E-state index contributed by atoms with van der Waals surface area (Å²) < 4.78 is 6.12. The second-order valence-electron chi connectivity index (χ2n) is 4.27. The van der Waals surface area contributed by atoms with Crippen molar-refractivity contribution in [1.29, 1.82) is 0 Å². The molecular formula is C11H18O2S2. The minimum absolute atomic E-state index is 0.0375. The Morgan fingerprint density at radius 2 is 2.13 bits per heavy atom. The monoisotopic (exact) mass is 246 g/mol. The van der Waals surface area contributed by atoms with Gasteiger partial charge in [-0.1, -0.05) is 6.92 Å². The number of carbonyl (C=O) groups is 1. The average Bonchev–Trinajstić information content (AvgIpc) is 2.26. The maximum absolute atomic E-state index is 10.5. The van der Waals surface area contributed by atoms with Gasteiger partial charge in [-0.2, -0.15) is 0 Å². The first-order valence-corrected chi connectivity index (χ1v) is 7.63. The zero-order valence-electron chi connectivity index (χ0n) is 9.11. The molecule has 0 bridgehead atoms. The van der Waals surface area contributed by atoms with Crippen LogP contribution in [0.15, 0.2) is 0 Å². The van der Waals surface area contributed by atoms with E-state index in [9.17, 15) is 4.79 Å². The fraction of sp³-hybridized carbons (Fsp3) is 0.909. The topological polar surface area (TPSA) is 26.3 Å². The lowest BCUT2D eigenvalue weighted by Crippen LogP contribution is -2.43. The van der Waals surface area contributed by atoms with Crippen molar-refractivity contribution in [3.8, 4) is 0 Å². The van der Waals surface area contributed by atoms with Crippen LogP contribution < -0.4 is 0 Å². The van der Waals surface area contributed by atoms with Crippen molar-refractivity contribution in [1.82, 2.24) is 0 Å². The normalized spacial score (nSPS) is 35.3. The van der Waals surface area contributed by atoms with Crippen LogP contribution >= 0.6 is 23.5 Å². The van der Waals surface area contributed by atoms with Gasteiger partial charge in [0.25, 0.3) is 0 Å². The summed E-state index contributed by atoms with van der Waals surface area (Å²) in [5, 5.41) is 0. The van der Waals surface area contributed by atoms with Crippen molar-refractivity contribution in [2.45, 2.75) is 43.0 Å². The number of carbonyl (C=O) groups excluding carboxylic acids is 1. The van der Waals surface area contributed by atoms with Gasteiger partial charge in [-0.05, 0) is 30.8 Å². The fourth-order valence-electron chi connectivity index (χ4n) is 2.18. The summed E-state index contributed by atoms with van der Waals surface area (Å²) in [7, 11) is 0. The van der Waals surface area contributed by atoms with Gasteiger partial charge in [0, 0.05) is 12.3 Å². The Morgan fingerprint density at radius 1 is 1.40 bits per heavy atom. The van der Waals surface area contributed by atoms with Gasteiger partial charge >= 0.3 is 0 Å². The van der Waals surface area contributed by atoms with Crippen LogP contribution in [0.25, 0.3) is 0 Å². The molecule has 0 saturated carbocycles. The Balaban J connectivity index is 2.02. The molecule has 0 aliphatic carbocycles. The van der Waals surface area contributed by atoms with Crippen LogP contribution in [0.2, 0.25) is 0 Å². The molecule has 0 amide bonds. The van der Waals surface area contributed by atoms with E-state index >= 15 is 0 Å². The molecule has 4 heteroatoms. The predicted molar refractivity (Wildman–Crippen MR) is 66.2 cm³/mol. The van der Waals surface area contributed by atoms with Crippen molar-refractivity contribution in [2.75, 3.05) is 11.5 Å². The summed E-state index contributed by atoms with van der Waals surface area (Å²) in [6.45, 7) is 2.28. The van der Waals surface area contributed by atoms with E-state index in [0.29, 0.717) is 12.3 Å². The molecule has 2 aliphatic rings. The highest BCUT2D eigenvalue weighted by atomic mass is 32.2. The van der Waals surface area contributed by atoms with Crippen LogP contribution in [0.3, 0.4) is 0 Å². The molecule has 2 rings (SSSR count). The second-order valence-corrected chi connectivity index (χ2v) is 7.14. The number of aldehydes is 1. The molecule has 0 unspecified atom stereocenters. The van der Waals surface area contributed by atoms with E-state index in [1.165, 1.54) is 24.3 Å². The standard InChI is InChI=1S/C11H18O2S2/c1-9-3-4-10(5-6-12)13-11(9)14-7-2-8-15-11/h6,9-10H,2-5,7-8H2,1H3/t9-,10+/m1/s1. The zero-order chi connectivity index (χ0) is 10.7. The summed E-state index contributed by atoms with van der Waals surface area (Å²) >= 11 is 3.90. The average molecular weight is 246 g/mol. The Kier molecular flexibility index (Phi) is 4.02. The molecule has 0 radical (unpaired) electrons. The molecule has 2 nitrogen and oxygen atoms in total. The number of hydrogen-bond donors (Lipinski definition) is 0. The molecule has 2 atom stereocenters.